The van der Waals surface area contributed by atoms with Crippen LogP contribution in [0.2, 0.25) is 0 Å². The Morgan fingerprint density at radius 3 is 2.92 bits per heavy atom. The molecule has 4 aromatic rings. The summed E-state index contributed by atoms with van der Waals surface area (Å²) in [6.45, 7) is 0. The zero-order valence-electron chi connectivity index (χ0n) is 13.3. The number of carbonyl (C=O) groups is 1. The van der Waals surface area contributed by atoms with Gasteiger partial charge in [-0.25, -0.2) is 0 Å². The SMILES string of the molecule is O=C(CCc1nnc(-c2ccsc2)o1)Nc1nnc(-c2ccccn2)s1. The third-order valence-corrected chi connectivity index (χ3v) is 4.90. The normalized spacial score (nSPS) is 10.8. The maximum absolute atomic E-state index is 12.1. The van der Waals surface area contributed by atoms with Gasteiger partial charge >= 0.3 is 0 Å². The summed E-state index contributed by atoms with van der Waals surface area (Å²) in [7, 11) is 0. The Hall–Kier alpha value is -2.98. The number of aromatic nitrogens is 5. The number of hydrogen-bond acceptors (Lipinski definition) is 9. The van der Waals surface area contributed by atoms with E-state index in [9.17, 15) is 4.79 Å². The summed E-state index contributed by atoms with van der Waals surface area (Å²) in [5.74, 6) is 0.697. The van der Waals surface area contributed by atoms with Crippen molar-refractivity contribution in [3.05, 3.63) is 47.1 Å². The van der Waals surface area contributed by atoms with Crippen molar-refractivity contribution >= 4 is 33.7 Å². The van der Waals surface area contributed by atoms with Crippen molar-refractivity contribution in [2.24, 2.45) is 0 Å². The molecule has 0 saturated heterocycles. The number of hydrogen-bond donors (Lipinski definition) is 1. The third-order valence-electron chi connectivity index (χ3n) is 3.36. The summed E-state index contributed by atoms with van der Waals surface area (Å²) >= 11 is 2.83. The second-order valence-corrected chi connectivity index (χ2v) is 6.95. The first kappa shape index (κ1) is 16.5. The van der Waals surface area contributed by atoms with Crippen LogP contribution in [0.1, 0.15) is 12.3 Å². The molecule has 0 atom stereocenters. The number of nitrogens with zero attached hydrogens (tertiary/aromatic N) is 5. The molecule has 0 spiro atoms. The Morgan fingerprint density at radius 2 is 2.12 bits per heavy atom. The van der Waals surface area contributed by atoms with E-state index in [-0.39, 0.29) is 12.3 Å². The summed E-state index contributed by atoms with van der Waals surface area (Å²) in [6, 6.07) is 7.45. The van der Waals surface area contributed by atoms with Gasteiger partial charge in [-0.3, -0.25) is 9.78 Å². The fraction of sp³-hybridized carbons (Fsp3) is 0.125. The van der Waals surface area contributed by atoms with Crippen LogP contribution in [0.3, 0.4) is 0 Å². The lowest BCUT2D eigenvalue weighted by atomic mass is 10.3. The van der Waals surface area contributed by atoms with Gasteiger partial charge in [0.2, 0.25) is 22.8 Å². The van der Waals surface area contributed by atoms with Gasteiger partial charge in [0.05, 0.1) is 0 Å². The van der Waals surface area contributed by atoms with Gasteiger partial charge in [-0.15, -0.1) is 20.4 Å². The molecule has 0 aliphatic heterocycles. The minimum Gasteiger partial charge on any atom is -0.421 e. The molecule has 130 valence electrons. The minimum absolute atomic E-state index is 0.191. The largest absolute Gasteiger partial charge is 0.421 e. The number of thiophene rings is 1. The van der Waals surface area contributed by atoms with E-state index in [0.717, 1.165) is 11.3 Å². The van der Waals surface area contributed by atoms with Crippen LogP contribution in [0, 0.1) is 0 Å². The average Bonchev–Trinajstić information content (AvgIpc) is 3.41. The molecule has 0 aliphatic carbocycles. The maximum atomic E-state index is 12.1. The average molecular weight is 384 g/mol. The van der Waals surface area contributed by atoms with Crippen LogP contribution < -0.4 is 5.32 Å². The van der Waals surface area contributed by atoms with E-state index in [2.05, 4.69) is 30.7 Å². The number of rotatable bonds is 6. The van der Waals surface area contributed by atoms with Crippen molar-refractivity contribution in [3.8, 4) is 22.2 Å². The van der Waals surface area contributed by atoms with Crippen molar-refractivity contribution in [2.45, 2.75) is 12.8 Å². The molecule has 0 aromatic carbocycles. The smallest absolute Gasteiger partial charge is 0.248 e. The molecule has 0 fully saturated rings. The fourth-order valence-corrected chi connectivity index (χ4v) is 3.49. The van der Waals surface area contributed by atoms with Crippen molar-refractivity contribution in [2.75, 3.05) is 5.32 Å². The highest BCUT2D eigenvalue weighted by Gasteiger charge is 2.13. The van der Waals surface area contributed by atoms with Crippen LogP contribution >= 0.6 is 22.7 Å². The maximum Gasteiger partial charge on any atom is 0.248 e. The fourth-order valence-electron chi connectivity index (χ4n) is 2.13. The van der Waals surface area contributed by atoms with Gasteiger partial charge in [0.25, 0.3) is 0 Å². The number of carbonyl (C=O) groups excluding carboxylic acids is 1. The van der Waals surface area contributed by atoms with E-state index < -0.39 is 0 Å². The van der Waals surface area contributed by atoms with Gasteiger partial charge < -0.3 is 9.73 Å². The molecule has 1 N–H and O–H groups in total. The van der Waals surface area contributed by atoms with E-state index in [4.69, 9.17) is 4.42 Å². The molecule has 1 amide bonds. The molecule has 0 aliphatic rings. The molecule has 26 heavy (non-hydrogen) atoms. The number of amides is 1. The van der Waals surface area contributed by atoms with Crippen molar-refractivity contribution < 1.29 is 9.21 Å². The van der Waals surface area contributed by atoms with Gasteiger partial charge in [-0.2, -0.15) is 11.3 Å². The molecule has 4 rings (SSSR count). The molecule has 0 unspecified atom stereocenters. The quantitative estimate of drug-likeness (QED) is 0.543. The Kier molecular flexibility index (Phi) is 4.75. The number of nitrogens with one attached hydrogen (secondary N) is 1. The van der Waals surface area contributed by atoms with Crippen LogP contribution in [0.4, 0.5) is 5.13 Å². The first-order chi connectivity index (χ1) is 12.8. The second kappa shape index (κ2) is 7.50. The first-order valence-electron chi connectivity index (χ1n) is 7.67. The third kappa shape index (κ3) is 3.81. The summed E-state index contributed by atoms with van der Waals surface area (Å²) in [4.78, 5) is 16.3. The van der Waals surface area contributed by atoms with Gasteiger partial charge in [-0.1, -0.05) is 17.4 Å². The predicted octanol–water partition coefficient (Wildman–Crippen LogP) is 3.28. The number of pyridine rings is 1. The lowest BCUT2D eigenvalue weighted by Gasteiger charge is -1.98. The molecular formula is C16H12N6O2S2. The lowest BCUT2D eigenvalue weighted by molar-refractivity contribution is -0.116. The van der Waals surface area contributed by atoms with E-state index in [1.807, 2.05) is 35.0 Å². The van der Waals surface area contributed by atoms with Gasteiger partial charge in [0, 0.05) is 30.0 Å². The topological polar surface area (TPSA) is 107 Å². The van der Waals surface area contributed by atoms with Crippen LogP contribution in [-0.4, -0.2) is 31.3 Å². The number of aryl methyl sites for hydroxylation is 1. The van der Waals surface area contributed by atoms with Crippen LogP contribution in [0.15, 0.2) is 45.6 Å². The molecule has 4 heterocycles. The van der Waals surface area contributed by atoms with E-state index in [1.165, 1.54) is 11.3 Å². The summed E-state index contributed by atoms with van der Waals surface area (Å²) in [5, 5.41) is 23.6. The minimum atomic E-state index is -0.191. The monoisotopic (exact) mass is 384 g/mol. The van der Waals surface area contributed by atoms with Crippen LogP contribution in [0.25, 0.3) is 22.2 Å². The van der Waals surface area contributed by atoms with E-state index in [1.54, 1.807) is 17.5 Å². The molecule has 0 saturated carbocycles. The highest BCUT2D eigenvalue weighted by atomic mass is 32.1. The van der Waals surface area contributed by atoms with Gasteiger partial charge in [-0.05, 0) is 23.6 Å². The van der Waals surface area contributed by atoms with Crippen LogP contribution in [0.5, 0.6) is 0 Å². The summed E-state index contributed by atoms with van der Waals surface area (Å²) < 4.78 is 5.56. The van der Waals surface area contributed by atoms with Crippen molar-refractivity contribution in [1.82, 2.24) is 25.4 Å². The Bertz CT molecular complexity index is 997. The van der Waals surface area contributed by atoms with Crippen LogP contribution in [-0.2, 0) is 11.2 Å². The molecular weight excluding hydrogens is 372 g/mol. The highest BCUT2D eigenvalue weighted by Crippen LogP contribution is 2.24. The van der Waals surface area contributed by atoms with Gasteiger partial charge in [0.1, 0.15) is 5.69 Å². The summed E-state index contributed by atoms with van der Waals surface area (Å²) in [5.41, 5.74) is 1.60. The molecule has 8 nitrogen and oxygen atoms in total. The Balaban J connectivity index is 1.33. The zero-order chi connectivity index (χ0) is 17.8. The molecule has 10 heteroatoms. The number of anilines is 1. The van der Waals surface area contributed by atoms with E-state index >= 15 is 0 Å². The van der Waals surface area contributed by atoms with E-state index in [0.29, 0.717) is 28.3 Å². The first-order valence-corrected chi connectivity index (χ1v) is 9.43. The highest BCUT2D eigenvalue weighted by molar-refractivity contribution is 7.18. The second-order valence-electron chi connectivity index (χ2n) is 5.19. The predicted molar refractivity (Wildman–Crippen MR) is 97.7 cm³/mol. The molecule has 0 radical (unpaired) electrons. The Labute approximate surface area is 156 Å². The molecule has 4 aromatic heterocycles. The van der Waals surface area contributed by atoms with Crippen molar-refractivity contribution in [3.63, 3.8) is 0 Å². The van der Waals surface area contributed by atoms with Gasteiger partial charge in [0.15, 0.2) is 5.01 Å². The standard InChI is InChI=1S/C16H12N6O2S2/c23-12(4-5-13-19-20-14(24-13)10-6-8-25-9-10)18-16-22-21-15(26-16)11-3-1-2-7-17-11/h1-3,6-9H,4-5H2,(H,18,22,23). The molecule has 0 bridgehead atoms. The lowest BCUT2D eigenvalue weighted by Crippen LogP contribution is -2.12. The zero-order valence-corrected chi connectivity index (χ0v) is 15.0. The van der Waals surface area contributed by atoms with Crippen molar-refractivity contribution in [1.29, 1.82) is 0 Å². The Morgan fingerprint density at radius 1 is 1.15 bits per heavy atom. The summed E-state index contributed by atoms with van der Waals surface area (Å²) in [6.07, 6.45) is 2.25.